The van der Waals surface area contributed by atoms with Gasteiger partial charge in [-0.2, -0.15) is 13.2 Å². The fourth-order valence-corrected chi connectivity index (χ4v) is 3.70. The van der Waals surface area contributed by atoms with Gasteiger partial charge in [-0.3, -0.25) is 0 Å². The third-order valence-electron chi connectivity index (χ3n) is 5.68. The molecule has 182 valence electrons. The molecule has 0 bridgehead atoms. The third kappa shape index (κ3) is 8.37. The van der Waals surface area contributed by atoms with Crippen LogP contribution in [-0.2, 0) is 19.3 Å². The number of anilines is 1. The van der Waals surface area contributed by atoms with Crippen LogP contribution < -0.4 is 15.5 Å². The van der Waals surface area contributed by atoms with E-state index in [0.717, 1.165) is 49.2 Å². The number of piperidine rings is 1. The first-order valence-electron chi connectivity index (χ1n) is 11.0. The molecule has 3 rings (SSSR count). The summed E-state index contributed by atoms with van der Waals surface area (Å²) in [5, 5.41) is 15.6. The average Bonchev–Trinajstić information content (AvgIpc) is 2.81. The monoisotopic (exact) mass is 576 g/mol. The van der Waals surface area contributed by atoms with E-state index in [-0.39, 0.29) is 30.6 Å². The van der Waals surface area contributed by atoms with Gasteiger partial charge in [0.05, 0.1) is 12.1 Å². The minimum atomic E-state index is -4.33. The highest BCUT2D eigenvalue weighted by atomic mass is 127. The second-order valence-electron chi connectivity index (χ2n) is 8.02. The van der Waals surface area contributed by atoms with E-state index in [2.05, 4.69) is 44.8 Å². The van der Waals surface area contributed by atoms with Gasteiger partial charge in [-0.15, -0.1) is 24.0 Å². The van der Waals surface area contributed by atoms with Crippen molar-refractivity contribution in [3.63, 3.8) is 0 Å². The second-order valence-corrected chi connectivity index (χ2v) is 8.02. The number of alkyl halides is 3. The van der Waals surface area contributed by atoms with E-state index in [4.69, 9.17) is 0 Å². The number of benzene rings is 2. The van der Waals surface area contributed by atoms with Crippen molar-refractivity contribution in [2.75, 3.05) is 31.1 Å². The molecule has 2 aromatic carbocycles. The molecule has 1 fully saturated rings. The van der Waals surface area contributed by atoms with E-state index in [0.29, 0.717) is 31.5 Å². The van der Waals surface area contributed by atoms with E-state index in [9.17, 15) is 18.3 Å². The molecule has 1 saturated heterocycles. The van der Waals surface area contributed by atoms with E-state index >= 15 is 0 Å². The molecule has 1 aliphatic heterocycles. The van der Waals surface area contributed by atoms with Crippen LogP contribution in [0.2, 0.25) is 0 Å². The summed E-state index contributed by atoms with van der Waals surface area (Å²) >= 11 is 0. The number of aliphatic hydroxyl groups is 1. The van der Waals surface area contributed by atoms with E-state index in [1.165, 1.54) is 17.8 Å². The Morgan fingerprint density at radius 3 is 2.15 bits per heavy atom. The van der Waals surface area contributed by atoms with Gasteiger partial charge in [0.25, 0.3) is 0 Å². The molecule has 5 nitrogen and oxygen atoms in total. The Hall–Kier alpha value is -2.01. The van der Waals surface area contributed by atoms with Crippen LogP contribution in [0.3, 0.4) is 0 Å². The Kier molecular flexibility index (Phi) is 10.7. The largest absolute Gasteiger partial charge is 0.416 e. The van der Waals surface area contributed by atoms with E-state index in [1.54, 1.807) is 0 Å². The highest BCUT2D eigenvalue weighted by Gasteiger charge is 2.29. The van der Waals surface area contributed by atoms with Gasteiger partial charge in [0.2, 0.25) is 0 Å². The van der Waals surface area contributed by atoms with Crippen molar-refractivity contribution >= 4 is 35.6 Å². The zero-order valence-corrected chi connectivity index (χ0v) is 21.1. The van der Waals surface area contributed by atoms with Gasteiger partial charge in [-0.25, -0.2) is 4.99 Å². The smallest absolute Gasteiger partial charge is 0.396 e. The minimum absolute atomic E-state index is 0. The maximum Gasteiger partial charge on any atom is 0.416 e. The van der Waals surface area contributed by atoms with Crippen molar-refractivity contribution in [2.45, 2.75) is 39.0 Å². The first-order chi connectivity index (χ1) is 15.4. The van der Waals surface area contributed by atoms with E-state index < -0.39 is 11.7 Å². The van der Waals surface area contributed by atoms with Gasteiger partial charge >= 0.3 is 6.18 Å². The average molecular weight is 576 g/mol. The number of aliphatic hydroxyl groups excluding tert-OH is 1. The Morgan fingerprint density at radius 2 is 1.61 bits per heavy atom. The van der Waals surface area contributed by atoms with Crippen molar-refractivity contribution in [3.05, 3.63) is 65.2 Å². The highest BCUT2D eigenvalue weighted by Crippen LogP contribution is 2.29. The number of aliphatic imine (C=N–C) groups is 1. The first-order valence-corrected chi connectivity index (χ1v) is 11.0. The van der Waals surface area contributed by atoms with Crippen LogP contribution in [0.15, 0.2) is 53.5 Å². The number of rotatable bonds is 7. The molecule has 9 heteroatoms. The number of hydrogen-bond donors (Lipinski definition) is 3. The van der Waals surface area contributed by atoms with Crippen molar-refractivity contribution in [1.29, 1.82) is 0 Å². The van der Waals surface area contributed by atoms with Crippen molar-refractivity contribution < 1.29 is 18.3 Å². The Balaban J connectivity index is 0.00000385. The zero-order valence-electron chi connectivity index (χ0n) is 18.7. The predicted octanol–water partition coefficient (Wildman–Crippen LogP) is 4.79. The molecule has 1 heterocycles. The van der Waals surface area contributed by atoms with Crippen LogP contribution in [0.25, 0.3) is 0 Å². The van der Waals surface area contributed by atoms with E-state index in [1.807, 2.05) is 6.92 Å². The lowest BCUT2D eigenvalue weighted by molar-refractivity contribution is -0.137. The molecule has 0 aliphatic carbocycles. The van der Waals surface area contributed by atoms with Crippen LogP contribution in [0.4, 0.5) is 18.9 Å². The maximum absolute atomic E-state index is 12.7. The molecular weight excluding hydrogens is 544 g/mol. The SMILES string of the molecule is CCNC(=NCc1ccc(N2CCC(CO)CC2)cc1)NCc1ccc(C(F)(F)F)cc1.I. The summed E-state index contributed by atoms with van der Waals surface area (Å²) in [5.74, 6) is 1.03. The quantitative estimate of drug-likeness (QED) is 0.252. The summed E-state index contributed by atoms with van der Waals surface area (Å²) in [7, 11) is 0. The molecule has 2 aromatic rings. The standard InChI is InChI=1S/C24H31F3N4O.HI/c1-2-28-23(29-15-18-3-7-21(8-4-18)24(25,26)27)30-16-19-5-9-22(10-6-19)31-13-11-20(17-32)12-14-31;/h3-10,20,32H,2,11-17H2,1H3,(H2,28,29,30);1H. The molecule has 3 N–H and O–H groups in total. The van der Waals surface area contributed by atoms with Crippen LogP contribution in [0, 0.1) is 5.92 Å². The normalized spacial score (nSPS) is 15.2. The molecule has 0 amide bonds. The molecule has 0 atom stereocenters. The van der Waals surface area contributed by atoms with Gasteiger partial charge in [0.15, 0.2) is 5.96 Å². The zero-order chi connectivity index (χ0) is 23.0. The lowest BCUT2D eigenvalue weighted by atomic mass is 9.97. The number of guanidine groups is 1. The lowest BCUT2D eigenvalue weighted by Gasteiger charge is -2.32. The number of nitrogens with zero attached hydrogens (tertiary/aromatic N) is 2. The summed E-state index contributed by atoms with van der Waals surface area (Å²) < 4.78 is 38.1. The molecule has 0 unspecified atom stereocenters. The first kappa shape index (κ1) is 27.2. The summed E-state index contributed by atoms with van der Waals surface area (Å²) in [4.78, 5) is 6.93. The fraction of sp³-hybridized carbons (Fsp3) is 0.458. The lowest BCUT2D eigenvalue weighted by Crippen LogP contribution is -2.36. The topological polar surface area (TPSA) is 59.9 Å². The summed E-state index contributed by atoms with van der Waals surface area (Å²) in [6, 6.07) is 13.5. The molecule has 0 aromatic heterocycles. The molecule has 33 heavy (non-hydrogen) atoms. The minimum Gasteiger partial charge on any atom is -0.396 e. The van der Waals surface area contributed by atoms with Crippen LogP contribution in [0.5, 0.6) is 0 Å². The van der Waals surface area contributed by atoms with Crippen molar-refractivity contribution in [2.24, 2.45) is 10.9 Å². The van der Waals surface area contributed by atoms with Crippen LogP contribution in [-0.4, -0.2) is 37.3 Å². The number of halogens is 4. The molecule has 0 radical (unpaired) electrons. The number of nitrogens with one attached hydrogen (secondary N) is 2. The summed E-state index contributed by atoms with van der Waals surface area (Å²) in [5.41, 5.74) is 2.35. The van der Waals surface area contributed by atoms with Crippen LogP contribution in [0.1, 0.15) is 36.5 Å². The van der Waals surface area contributed by atoms with Crippen molar-refractivity contribution in [3.8, 4) is 0 Å². The maximum atomic E-state index is 12.7. The van der Waals surface area contributed by atoms with Gasteiger partial charge in [-0.05, 0) is 61.1 Å². The molecule has 0 spiro atoms. The Bertz CT molecular complexity index is 865. The molecular formula is C24H32F3IN4O. The molecule has 1 aliphatic rings. The van der Waals surface area contributed by atoms with Gasteiger partial charge < -0.3 is 20.6 Å². The van der Waals surface area contributed by atoms with Gasteiger partial charge in [0.1, 0.15) is 0 Å². The Labute approximate surface area is 210 Å². The van der Waals surface area contributed by atoms with Crippen LogP contribution >= 0.6 is 24.0 Å². The Morgan fingerprint density at radius 1 is 1.00 bits per heavy atom. The van der Waals surface area contributed by atoms with Crippen molar-refractivity contribution in [1.82, 2.24) is 10.6 Å². The molecule has 0 saturated carbocycles. The summed E-state index contributed by atoms with van der Waals surface area (Å²) in [6.45, 7) is 5.71. The van der Waals surface area contributed by atoms with Gasteiger partial charge in [0, 0.05) is 38.5 Å². The summed E-state index contributed by atoms with van der Waals surface area (Å²) in [6.07, 6.45) is -2.30. The fourth-order valence-electron chi connectivity index (χ4n) is 3.70. The van der Waals surface area contributed by atoms with Gasteiger partial charge in [-0.1, -0.05) is 24.3 Å². The highest BCUT2D eigenvalue weighted by molar-refractivity contribution is 14.0. The predicted molar refractivity (Wildman–Crippen MR) is 137 cm³/mol. The third-order valence-corrected chi connectivity index (χ3v) is 5.68. The second kappa shape index (κ2) is 13.0. The number of hydrogen-bond acceptors (Lipinski definition) is 3.